The number of carbonyl (C=O) groups is 1. The Hall–Kier alpha value is -1.51. The number of nitrogens with one attached hydrogen (secondary N) is 1. The van der Waals surface area contributed by atoms with Gasteiger partial charge in [0.15, 0.2) is 0 Å². The van der Waals surface area contributed by atoms with Crippen molar-refractivity contribution in [2.75, 3.05) is 11.9 Å². The minimum atomic E-state index is -0.846. The Morgan fingerprint density at radius 2 is 1.79 bits per heavy atom. The predicted molar refractivity (Wildman–Crippen MR) is 56.8 cm³/mol. The van der Waals surface area contributed by atoms with Crippen molar-refractivity contribution in [1.82, 2.24) is 0 Å². The molecular formula is C11H15NO2. The minimum absolute atomic E-state index is 0.0397. The molecule has 0 fully saturated rings. The number of benzene rings is 1. The summed E-state index contributed by atoms with van der Waals surface area (Å²) in [7, 11) is 0. The van der Waals surface area contributed by atoms with E-state index in [-0.39, 0.29) is 6.54 Å². The Morgan fingerprint density at radius 3 is 2.21 bits per heavy atom. The number of hydrogen-bond acceptors (Lipinski definition) is 2. The fourth-order valence-electron chi connectivity index (χ4n) is 1.32. The van der Waals surface area contributed by atoms with Gasteiger partial charge in [-0.2, -0.15) is 0 Å². The van der Waals surface area contributed by atoms with E-state index in [1.54, 1.807) is 0 Å². The van der Waals surface area contributed by atoms with Crippen LogP contribution in [0.15, 0.2) is 12.1 Å². The summed E-state index contributed by atoms with van der Waals surface area (Å²) in [6.45, 7) is 6.07. The van der Waals surface area contributed by atoms with Crippen molar-refractivity contribution in [2.45, 2.75) is 20.8 Å². The Kier molecular flexibility index (Phi) is 3.12. The maximum Gasteiger partial charge on any atom is 0.322 e. The zero-order valence-corrected chi connectivity index (χ0v) is 8.72. The van der Waals surface area contributed by atoms with Gasteiger partial charge < -0.3 is 10.4 Å². The van der Waals surface area contributed by atoms with Gasteiger partial charge in [0, 0.05) is 5.69 Å². The lowest BCUT2D eigenvalue weighted by Gasteiger charge is -2.09. The third-order valence-corrected chi connectivity index (χ3v) is 2.37. The topological polar surface area (TPSA) is 49.3 Å². The summed E-state index contributed by atoms with van der Waals surface area (Å²) in [4.78, 5) is 10.3. The van der Waals surface area contributed by atoms with E-state index in [4.69, 9.17) is 5.11 Å². The third kappa shape index (κ3) is 2.49. The van der Waals surface area contributed by atoms with Crippen molar-refractivity contribution in [3.8, 4) is 0 Å². The van der Waals surface area contributed by atoms with Crippen molar-refractivity contribution >= 4 is 11.7 Å². The number of aliphatic carboxylic acids is 1. The Bertz CT molecular complexity index is 335. The lowest BCUT2D eigenvalue weighted by Crippen LogP contribution is -2.12. The van der Waals surface area contributed by atoms with Crippen molar-refractivity contribution < 1.29 is 9.90 Å². The van der Waals surface area contributed by atoms with Crippen LogP contribution in [-0.4, -0.2) is 17.6 Å². The molecule has 0 aliphatic heterocycles. The molecule has 1 aromatic carbocycles. The smallest absolute Gasteiger partial charge is 0.322 e. The highest BCUT2D eigenvalue weighted by Gasteiger charge is 2.01. The van der Waals surface area contributed by atoms with Crippen LogP contribution >= 0.6 is 0 Å². The number of hydrogen-bond donors (Lipinski definition) is 2. The molecule has 0 radical (unpaired) electrons. The summed E-state index contributed by atoms with van der Waals surface area (Å²) in [6, 6.07) is 3.93. The standard InChI is InChI=1S/C11H15NO2/c1-7-4-10(12-6-11(13)14)5-8(2)9(7)3/h4-5,12H,6H2,1-3H3,(H,13,14). The first-order chi connectivity index (χ1) is 6.50. The highest BCUT2D eigenvalue weighted by Crippen LogP contribution is 2.18. The maximum absolute atomic E-state index is 10.3. The summed E-state index contributed by atoms with van der Waals surface area (Å²) >= 11 is 0. The molecule has 0 saturated heterocycles. The zero-order valence-electron chi connectivity index (χ0n) is 8.72. The number of carboxylic acids is 1. The molecule has 2 N–H and O–H groups in total. The second-order valence-corrected chi connectivity index (χ2v) is 3.48. The summed E-state index contributed by atoms with van der Waals surface area (Å²) < 4.78 is 0. The molecule has 76 valence electrons. The third-order valence-electron chi connectivity index (χ3n) is 2.37. The first-order valence-corrected chi connectivity index (χ1v) is 4.54. The van der Waals surface area contributed by atoms with Crippen molar-refractivity contribution in [1.29, 1.82) is 0 Å². The van der Waals surface area contributed by atoms with E-state index in [1.165, 1.54) is 16.7 Å². The van der Waals surface area contributed by atoms with Crippen molar-refractivity contribution in [3.63, 3.8) is 0 Å². The van der Waals surface area contributed by atoms with Crippen molar-refractivity contribution in [3.05, 3.63) is 28.8 Å². The molecule has 0 saturated carbocycles. The van der Waals surface area contributed by atoms with Gasteiger partial charge in [-0.05, 0) is 49.6 Å². The van der Waals surface area contributed by atoms with Gasteiger partial charge in [0.2, 0.25) is 0 Å². The van der Waals surface area contributed by atoms with Gasteiger partial charge in [-0.15, -0.1) is 0 Å². The van der Waals surface area contributed by atoms with E-state index in [1.807, 2.05) is 26.0 Å². The largest absolute Gasteiger partial charge is 0.480 e. The summed E-state index contributed by atoms with van der Waals surface area (Å²) in [5.41, 5.74) is 4.48. The van der Waals surface area contributed by atoms with Crippen LogP contribution in [0.5, 0.6) is 0 Å². The van der Waals surface area contributed by atoms with Gasteiger partial charge in [0.1, 0.15) is 6.54 Å². The number of anilines is 1. The average molecular weight is 193 g/mol. The first-order valence-electron chi connectivity index (χ1n) is 4.54. The molecule has 0 spiro atoms. The van der Waals surface area contributed by atoms with Crippen LogP contribution in [-0.2, 0) is 4.79 Å². The Morgan fingerprint density at radius 1 is 1.29 bits per heavy atom. The van der Waals surface area contributed by atoms with Gasteiger partial charge in [0.05, 0.1) is 0 Å². The molecule has 1 aromatic rings. The van der Waals surface area contributed by atoms with Crippen molar-refractivity contribution in [2.24, 2.45) is 0 Å². The lowest BCUT2D eigenvalue weighted by atomic mass is 10.0. The summed E-state index contributed by atoms with van der Waals surface area (Å²) in [6.07, 6.45) is 0. The lowest BCUT2D eigenvalue weighted by molar-refractivity contribution is -0.134. The van der Waals surface area contributed by atoms with E-state index < -0.39 is 5.97 Å². The molecule has 0 amide bonds. The molecule has 0 unspecified atom stereocenters. The highest BCUT2D eigenvalue weighted by molar-refractivity contribution is 5.73. The molecular weight excluding hydrogens is 178 g/mol. The van der Waals surface area contributed by atoms with Crippen LogP contribution in [0.3, 0.4) is 0 Å². The number of carboxylic acid groups (broad SMARTS) is 1. The van der Waals surface area contributed by atoms with Crippen LogP contribution in [0.25, 0.3) is 0 Å². The first kappa shape index (κ1) is 10.6. The fourth-order valence-corrected chi connectivity index (χ4v) is 1.32. The van der Waals surface area contributed by atoms with Gasteiger partial charge >= 0.3 is 5.97 Å². The number of aryl methyl sites for hydroxylation is 2. The van der Waals surface area contributed by atoms with Gasteiger partial charge in [0.25, 0.3) is 0 Å². The average Bonchev–Trinajstić information content (AvgIpc) is 2.10. The molecule has 3 nitrogen and oxygen atoms in total. The molecule has 0 atom stereocenters. The number of rotatable bonds is 3. The van der Waals surface area contributed by atoms with Crippen LogP contribution in [0, 0.1) is 20.8 Å². The van der Waals surface area contributed by atoms with Crippen LogP contribution in [0.2, 0.25) is 0 Å². The minimum Gasteiger partial charge on any atom is -0.480 e. The molecule has 3 heteroatoms. The summed E-state index contributed by atoms with van der Waals surface area (Å²) in [5, 5.41) is 11.4. The van der Waals surface area contributed by atoms with E-state index in [0.29, 0.717) is 0 Å². The van der Waals surface area contributed by atoms with Gasteiger partial charge in [-0.3, -0.25) is 4.79 Å². The van der Waals surface area contributed by atoms with E-state index in [2.05, 4.69) is 12.2 Å². The molecule has 0 aromatic heterocycles. The quantitative estimate of drug-likeness (QED) is 0.773. The SMILES string of the molecule is Cc1cc(NCC(=O)O)cc(C)c1C. The zero-order chi connectivity index (χ0) is 10.7. The van der Waals surface area contributed by atoms with E-state index >= 15 is 0 Å². The van der Waals surface area contributed by atoms with Crippen LogP contribution in [0.4, 0.5) is 5.69 Å². The van der Waals surface area contributed by atoms with Crippen LogP contribution < -0.4 is 5.32 Å². The molecule has 0 bridgehead atoms. The van der Waals surface area contributed by atoms with E-state index in [0.717, 1.165) is 5.69 Å². The van der Waals surface area contributed by atoms with Gasteiger partial charge in [-0.25, -0.2) is 0 Å². The molecule has 0 heterocycles. The molecule has 0 aliphatic carbocycles. The monoisotopic (exact) mass is 193 g/mol. The second-order valence-electron chi connectivity index (χ2n) is 3.48. The Labute approximate surface area is 83.8 Å². The second kappa shape index (κ2) is 4.13. The normalized spacial score (nSPS) is 9.93. The van der Waals surface area contributed by atoms with Gasteiger partial charge in [-0.1, -0.05) is 0 Å². The molecule has 14 heavy (non-hydrogen) atoms. The molecule has 0 aliphatic rings. The highest BCUT2D eigenvalue weighted by atomic mass is 16.4. The van der Waals surface area contributed by atoms with E-state index in [9.17, 15) is 4.79 Å². The van der Waals surface area contributed by atoms with Crippen LogP contribution in [0.1, 0.15) is 16.7 Å². The molecule has 1 rings (SSSR count). The predicted octanol–water partition coefficient (Wildman–Crippen LogP) is 2.11. The maximum atomic E-state index is 10.3. The fraction of sp³-hybridized carbons (Fsp3) is 0.364. The summed E-state index contributed by atoms with van der Waals surface area (Å²) in [5.74, 6) is -0.846. The Balaban J connectivity index is 2.84.